The van der Waals surface area contributed by atoms with Crippen LogP contribution < -0.4 is 16.8 Å². The predicted molar refractivity (Wildman–Crippen MR) is 223 cm³/mol. The topological polar surface area (TPSA) is 231 Å². The molecule has 18 heteroatoms. The van der Waals surface area contributed by atoms with Gasteiger partial charge >= 0.3 is 5.97 Å². The molecule has 2 aliphatic rings. The maximum absolute atomic E-state index is 15.1. The van der Waals surface area contributed by atoms with E-state index in [1.54, 1.807) is 10.8 Å². The van der Waals surface area contributed by atoms with Gasteiger partial charge in [-0.3, -0.25) is 33.7 Å². The Bertz CT molecular complexity index is 2080. The van der Waals surface area contributed by atoms with E-state index in [0.717, 1.165) is 40.4 Å². The summed E-state index contributed by atoms with van der Waals surface area (Å²) < 4.78 is 31.2. The zero-order valence-electron chi connectivity index (χ0n) is 34.6. The van der Waals surface area contributed by atoms with E-state index in [4.69, 9.17) is 21.6 Å². The van der Waals surface area contributed by atoms with Gasteiger partial charge in [0.15, 0.2) is 0 Å². The SMILES string of the molecule is CC(C)(C)[C@H](c1nc(-c2cc(F)ccc2F)cn1Cc1ccccc1)N(CC[C@H](N)C(=O)C[C@H]1CCC[C@H]1C(=O)NCCN1C(=O)CC(SC[C@H](N)C(=O)O)C1=O)C(=O)CO. The standard InChI is InChI=1S/C43H55F2N7O8S/c1-43(2,3)38(39-49-33(29-19-27(44)12-13-30(29)45)22-50(39)21-25-8-5-4-6-9-25)51(37(56)23-53)16-14-31(46)34(54)18-26-10-7-11-28(26)40(57)48-15-17-52-36(55)20-35(41(52)58)61-24-32(47)42(59)60/h4-6,8-9,12-13,19,22,26,28,31-32,35,38,53H,7,10-11,14-18,20-21,23-24,46-47H2,1-3H3,(H,48,57)(H,59,60)/t26-,28-,31+,32+,35?,38+/m1/s1. The summed E-state index contributed by atoms with van der Waals surface area (Å²) in [4.78, 5) is 84.2. The highest BCUT2D eigenvalue weighted by Crippen LogP contribution is 2.40. The Morgan fingerprint density at radius 1 is 1.05 bits per heavy atom. The van der Waals surface area contributed by atoms with Gasteiger partial charge in [0.2, 0.25) is 23.6 Å². The Kier molecular flexibility index (Phi) is 15.9. The van der Waals surface area contributed by atoms with Crippen LogP contribution in [0.1, 0.15) is 76.7 Å². The van der Waals surface area contributed by atoms with Crippen LogP contribution >= 0.6 is 11.8 Å². The molecule has 6 atom stereocenters. The summed E-state index contributed by atoms with van der Waals surface area (Å²) in [7, 11) is 0. The third-order valence-corrected chi connectivity index (χ3v) is 12.5. The number of aromatic nitrogens is 2. The minimum atomic E-state index is -1.21. The number of aliphatic hydroxyl groups is 1. The van der Waals surface area contributed by atoms with Crippen LogP contribution in [0.3, 0.4) is 0 Å². The zero-order valence-corrected chi connectivity index (χ0v) is 35.4. The van der Waals surface area contributed by atoms with Crippen molar-refractivity contribution in [3.63, 3.8) is 0 Å². The number of aliphatic carboxylic acids is 1. The van der Waals surface area contributed by atoms with Crippen molar-refractivity contribution >= 4 is 47.1 Å². The molecule has 4 amide bonds. The molecule has 1 aliphatic heterocycles. The number of carbonyl (C=O) groups excluding carboxylic acids is 5. The second-order valence-corrected chi connectivity index (χ2v) is 18.0. The van der Waals surface area contributed by atoms with Crippen LogP contribution in [0.15, 0.2) is 54.7 Å². The number of nitrogens with zero attached hydrogens (tertiary/aromatic N) is 4. The Balaban J connectivity index is 1.24. The number of rotatable bonds is 20. The third kappa shape index (κ3) is 11.9. The Labute approximate surface area is 357 Å². The highest BCUT2D eigenvalue weighted by Gasteiger charge is 2.41. The molecular weight excluding hydrogens is 813 g/mol. The van der Waals surface area contributed by atoms with Gasteiger partial charge in [-0.05, 0) is 54.4 Å². The summed E-state index contributed by atoms with van der Waals surface area (Å²) >= 11 is 1.01. The van der Waals surface area contributed by atoms with Gasteiger partial charge in [0, 0.05) is 62.5 Å². The Morgan fingerprint density at radius 3 is 2.44 bits per heavy atom. The monoisotopic (exact) mass is 867 g/mol. The van der Waals surface area contributed by atoms with Crippen LogP contribution in [0.5, 0.6) is 0 Å². The number of Topliss-reactive ketones (excluding diaryl/α,β-unsaturated/α-hetero) is 1. The predicted octanol–water partition coefficient (Wildman–Crippen LogP) is 3.27. The number of ketones is 1. The summed E-state index contributed by atoms with van der Waals surface area (Å²) in [5.41, 5.74) is 12.3. The van der Waals surface area contributed by atoms with Crippen molar-refractivity contribution in [2.45, 2.75) is 89.2 Å². The number of imide groups is 1. The molecule has 15 nitrogen and oxygen atoms in total. The lowest BCUT2D eigenvalue weighted by atomic mass is 9.84. The van der Waals surface area contributed by atoms with E-state index >= 15 is 4.39 Å². The molecule has 1 unspecified atom stereocenters. The van der Waals surface area contributed by atoms with Crippen molar-refractivity contribution in [2.75, 3.05) is 32.0 Å². The molecule has 61 heavy (non-hydrogen) atoms. The fourth-order valence-corrected chi connectivity index (χ4v) is 9.18. The van der Waals surface area contributed by atoms with Gasteiger partial charge < -0.3 is 36.5 Å². The van der Waals surface area contributed by atoms with Gasteiger partial charge in [0.05, 0.1) is 23.0 Å². The Morgan fingerprint density at radius 2 is 1.77 bits per heavy atom. The molecule has 1 saturated carbocycles. The first-order valence-corrected chi connectivity index (χ1v) is 21.4. The number of benzene rings is 2. The number of amides is 4. The normalized spacial score (nSPS) is 19.5. The summed E-state index contributed by atoms with van der Waals surface area (Å²) in [6, 6.07) is 9.47. The van der Waals surface area contributed by atoms with E-state index in [9.17, 15) is 38.3 Å². The van der Waals surface area contributed by atoms with Gasteiger partial charge in [-0.2, -0.15) is 0 Å². The van der Waals surface area contributed by atoms with Crippen molar-refractivity contribution in [1.82, 2.24) is 24.7 Å². The summed E-state index contributed by atoms with van der Waals surface area (Å²) in [5.74, 6) is -5.16. The zero-order chi connectivity index (χ0) is 44.6. The van der Waals surface area contributed by atoms with E-state index in [1.165, 1.54) is 4.90 Å². The number of hydrogen-bond acceptors (Lipinski definition) is 11. The van der Waals surface area contributed by atoms with E-state index in [1.807, 2.05) is 51.1 Å². The van der Waals surface area contributed by atoms with Crippen LogP contribution in [-0.4, -0.2) is 114 Å². The summed E-state index contributed by atoms with van der Waals surface area (Å²) in [6.45, 7) is 4.98. The Hall–Kier alpha value is -5.04. The molecule has 0 bridgehead atoms. The lowest BCUT2D eigenvalue weighted by Crippen LogP contribution is -2.46. The molecule has 2 fully saturated rings. The van der Waals surface area contributed by atoms with Gasteiger partial charge in [0.1, 0.15) is 35.9 Å². The minimum Gasteiger partial charge on any atom is -0.480 e. The van der Waals surface area contributed by atoms with Crippen molar-refractivity contribution in [3.8, 4) is 11.3 Å². The quantitative estimate of drug-likeness (QED) is 0.103. The van der Waals surface area contributed by atoms with E-state index < -0.39 is 76.6 Å². The van der Waals surface area contributed by atoms with Crippen molar-refractivity contribution < 1.29 is 47.8 Å². The maximum atomic E-state index is 15.1. The third-order valence-electron chi connectivity index (χ3n) is 11.2. The molecule has 0 spiro atoms. The van der Waals surface area contributed by atoms with Gasteiger partial charge in [-0.25, -0.2) is 13.8 Å². The molecule has 2 aromatic carbocycles. The highest BCUT2D eigenvalue weighted by molar-refractivity contribution is 8.00. The fourth-order valence-electron chi connectivity index (χ4n) is 8.07. The highest BCUT2D eigenvalue weighted by atomic mass is 32.2. The number of halogens is 2. The maximum Gasteiger partial charge on any atom is 0.321 e. The first-order chi connectivity index (χ1) is 28.9. The molecule has 1 aromatic heterocycles. The number of thioether (sulfide) groups is 1. The number of carboxylic acid groups (broad SMARTS) is 1. The number of nitrogens with two attached hydrogens (primary N) is 2. The molecule has 2 heterocycles. The largest absolute Gasteiger partial charge is 0.480 e. The second-order valence-electron chi connectivity index (χ2n) is 16.7. The molecule has 7 N–H and O–H groups in total. The molecular formula is C43H55F2N7O8S. The number of carbonyl (C=O) groups is 6. The van der Waals surface area contributed by atoms with Crippen LogP contribution in [0.4, 0.5) is 8.78 Å². The average Bonchev–Trinajstić information content (AvgIpc) is 3.92. The number of carboxylic acids is 1. The molecule has 3 aromatic rings. The number of imidazole rings is 1. The van der Waals surface area contributed by atoms with E-state index in [0.29, 0.717) is 25.1 Å². The number of hydrogen-bond donors (Lipinski definition) is 5. The lowest BCUT2D eigenvalue weighted by Gasteiger charge is -2.40. The molecule has 330 valence electrons. The number of nitrogens with one attached hydrogen (secondary N) is 1. The number of aliphatic hydroxyl groups excluding tert-OH is 1. The average molecular weight is 868 g/mol. The van der Waals surface area contributed by atoms with Crippen LogP contribution in [0.25, 0.3) is 11.3 Å². The lowest BCUT2D eigenvalue weighted by molar-refractivity contribution is -0.140. The van der Waals surface area contributed by atoms with Gasteiger partial charge in [-0.1, -0.05) is 57.5 Å². The molecule has 1 saturated heterocycles. The first kappa shape index (κ1) is 47.0. The number of likely N-dealkylation sites (tertiary alicyclic amines) is 1. The molecule has 5 rings (SSSR count). The van der Waals surface area contributed by atoms with Crippen LogP contribution in [0.2, 0.25) is 0 Å². The van der Waals surface area contributed by atoms with Crippen LogP contribution in [-0.2, 0) is 35.3 Å². The molecule has 1 aliphatic carbocycles. The van der Waals surface area contributed by atoms with Crippen molar-refractivity contribution in [1.29, 1.82) is 0 Å². The van der Waals surface area contributed by atoms with Crippen molar-refractivity contribution in [3.05, 3.63) is 77.8 Å². The van der Waals surface area contributed by atoms with E-state index in [2.05, 4.69) is 5.32 Å². The minimum absolute atomic E-state index is 0.00490. The first-order valence-electron chi connectivity index (χ1n) is 20.4. The smallest absolute Gasteiger partial charge is 0.321 e. The second kappa shape index (κ2) is 20.7. The fraction of sp³-hybridized carbons (Fsp3) is 0.512. The van der Waals surface area contributed by atoms with Gasteiger partial charge in [0.25, 0.3) is 0 Å². The van der Waals surface area contributed by atoms with E-state index in [-0.39, 0.29) is 80.1 Å². The van der Waals surface area contributed by atoms with Crippen LogP contribution in [0, 0.1) is 28.9 Å². The van der Waals surface area contributed by atoms with Crippen molar-refractivity contribution in [2.24, 2.45) is 28.7 Å². The van der Waals surface area contributed by atoms with Gasteiger partial charge in [-0.15, -0.1) is 11.8 Å². The molecule has 0 radical (unpaired) electrons. The summed E-state index contributed by atoms with van der Waals surface area (Å²) in [5, 5.41) is 21.2. The summed E-state index contributed by atoms with van der Waals surface area (Å²) in [6.07, 6.45) is 3.40.